The summed E-state index contributed by atoms with van der Waals surface area (Å²) < 4.78 is 11.8. The summed E-state index contributed by atoms with van der Waals surface area (Å²) in [6.45, 7) is 2.71. The number of alkyl halides is 1. The Morgan fingerprint density at radius 2 is 2.50 bits per heavy atom. The van der Waals surface area contributed by atoms with Gasteiger partial charge in [-0.3, -0.25) is 4.79 Å². The molecule has 0 N–H and O–H groups in total. The molecule has 0 saturated carbocycles. The molecular weight excluding hydrogens is 133 g/mol. The minimum atomic E-state index is -0.841. The van der Waals surface area contributed by atoms with Gasteiger partial charge >= 0.3 is 0 Å². The standard InChI is InChI=1S/C7H12FNO/c1-6-2-3-9(5-6)7(10)4-8/h6H,2-5H2,1H3/t6-/m1/s1. The van der Waals surface area contributed by atoms with Gasteiger partial charge in [0.1, 0.15) is 0 Å². The van der Waals surface area contributed by atoms with Crippen molar-refractivity contribution in [2.45, 2.75) is 13.3 Å². The summed E-state index contributed by atoms with van der Waals surface area (Å²) in [7, 11) is 0. The first-order chi connectivity index (χ1) is 4.74. The highest BCUT2D eigenvalue weighted by Gasteiger charge is 2.22. The quantitative estimate of drug-likeness (QED) is 0.535. The zero-order valence-electron chi connectivity index (χ0n) is 6.14. The van der Waals surface area contributed by atoms with E-state index in [2.05, 4.69) is 6.92 Å². The van der Waals surface area contributed by atoms with Crippen molar-refractivity contribution in [3.05, 3.63) is 0 Å². The van der Waals surface area contributed by atoms with Crippen LogP contribution in [0.3, 0.4) is 0 Å². The maximum atomic E-state index is 11.8. The second-order valence-electron chi connectivity index (χ2n) is 2.87. The molecule has 0 spiro atoms. The Morgan fingerprint density at radius 1 is 1.80 bits per heavy atom. The minimum Gasteiger partial charge on any atom is -0.340 e. The Morgan fingerprint density at radius 3 is 2.90 bits per heavy atom. The Hall–Kier alpha value is -0.600. The molecule has 1 heterocycles. The molecule has 1 fully saturated rings. The number of halogens is 1. The highest BCUT2D eigenvalue weighted by atomic mass is 19.1. The third kappa shape index (κ3) is 1.46. The van der Waals surface area contributed by atoms with Gasteiger partial charge in [-0.05, 0) is 12.3 Å². The molecule has 0 radical (unpaired) electrons. The molecule has 1 aliphatic heterocycles. The fourth-order valence-electron chi connectivity index (χ4n) is 1.25. The van der Waals surface area contributed by atoms with Crippen LogP contribution in [0.1, 0.15) is 13.3 Å². The second-order valence-corrected chi connectivity index (χ2v) is 2.87. The van der Waals surface area contributed by atoms with Crippen LogP contribution in [0.2, 0.25) is 0 Å². The number of likely N-dealkylation sites (tertiary alicyclic amines) is 1. The lowest BCUT2D eigenvalue weighted by Gasteiger charge is -2.12. The van der Waals surface area contributed by atoms with E-state index in [-0.39, 0.29) is 5.91 Å². The number of nitrogens with zero attached hydrogens (tertiary/aromatic N) is 1. The third-order valence-electron chi connectivity index (χ3n) is 1.89. The van der Waals surface area contributed by atoms with E-state index in [0.29, 0.717) is 5.92 Å². The van der Waals surface area contributed by atoms with Crippen LogP contribution in [0.15, 0.2) is 0 Å². The summed E-state index contributed by atoms with van der Waals surface area (Å²) in [6, 6.07) is 0. The summed E-state index contributed by atoms with van der Waals surface area (Å²) >= 11 is 0. The molecular formula is C7H12FNO. The van der Waals surface area contributed by atoms with Gasteiger partial charge < -0.3 is 4.90 Å². The van der Waals surface area contributed by atoms with Crippen LogP contribution in [-0.2, 0) is 4.79 Å². The van der Waals surface area contributed by atoms with Crippen molar-refractivity contribution in [3.8, 4) is 0 Å². The zero-order chi connectivity index (χ0) is 7.56. The molecule has 1 atom stereocenters. The van der Waals surface area contributed by atoms with Gasteiger partial charge in [0.15, 0.2) is 6.67 Å². The lowest BCUT2D eigenvalue weighted by Crippen LogP contribution is -2.29. The number of carbonyl (C=O) groups is 1. The summed E-state index contributed by atoms with van der Waals surface area (Å²) in [5.41, 5.74) is 0. The molecule has 0 unspecified atom stereocenters. The first kappa shape index (κ1) is 7.51. The summed E-state index contributed by atoms with van der Waals surface area (Å²) in [5.74, 6) is 0.194. The first-order valence-corrected chi connectivity index (χ1v) is 3.57. The molecule has 2 nitrogen and oxygen atoms in total. The predicted octanol–water partition coefficient (Wildman–Crippen LogP) is 0.824. The molecule has 58 valence electrons. The van der Waals surface area contributed by atoms with Gasteiger partial charge in [-0.1, -0.05) is 6.92 Å². The Labute approximate surface area is 60.0 Å². The molecule has 0 aliphatic carbocycles. The van der Waals surface area contributed by atoms with Crippen molar-refractivity contribution in [2.24, 2.45) is 5.92 Å². The fraction of sp³-hybridized carbons (Fsp3) is 0.857. The highest BCUT2D eigenvalue weighted by Crippen LogP contribution is 2.14. The van der Waals surface area contributed by atoms with Gasteiger partial charge in [0.2, 0.25) is 0 Å². The number of rotatable bonds is 1. The molecule has 10 heavy (non-hydrogen) atoms. The Bertz CT molecular complexity index is 138. The van der Waals surface area contributed by atoms with Crippen LogP contribution < -0.4 is 0 Å². The smallest absolute Gasteiger partial charge is 0.253 e. The van der Waals surface area contributed by atoms with Crippen LogP contribution in [0.25, 0.3) is 0 Å². The van der Waals surface area contributed by atoms with Gasteiger partial charge in [0.25, 0.3) is 5.91 Å². The molecule has 1 amide bonds. The summed E-state index contributed by atoms with van der Waals surface area (Å²) in [5, 5.41) is 0. The molecule has 0 aromatic heterocycles. The van der Waals surface area contributed by atoms with Crippen LogP contribution in [0, 0.1) is 5.92 Å². The van der Waals surface area contributed by atoms with Gasteiger partial charge in [-0.2, -0.15) is 0 Å². The van der Waals surface area contributed by atoms with Crippen LogP contribution >= 0.6 is 0 Å². The van der Waals surface area contributed by atoms with Crippen molar-refractivity contribution < 1.29 is 9.18 Å². The molecule has 0 aromatic carbocycles. The maximum Gasteiger partial charge on any atom is 0.253 e. The predicted molar refractivity (Wildman–Crippen MR) is 36.3 cm³/mol. The molecule has 0 aromatic rings. The fourth-order valence-corrected chi connectivity index (χ4v) is 1.25. The van der Waals surface area contributed by atoms with Gasteiger partial charge in [-0.25, -0.2) is 4.39 Å². The van der Waals surface area contributed by atoms with Gasteiger partial charge in [0, 0.05) is 13.1 Å². The van der Waals surface area contributed by atoms with E-state index < -0.39 is 6.67 Å². The average molecular weight is 145 g/mol. The van der Waals surface area contributed by atoms with E-state index in [4.69, 9.17) is 0 Å². The van der Waals surface area contributed by atoms with Crippen molar-refractivity contribution in [3.63, 3.8) is 0 Å². The molecule has 1 aliphatic rings. The van der Waals surface area contributed by atoms with Crippen molar-refractivity contribution in [2.75, 3.05) is 19.8 Å². The normalized spacial score (nSPS) is 25.4. The van der Waals surface area contributed by atoms with Crippen molar-refractivity contribution in [1.29, 1.82) is 0 Å². The van der Waals surface area contributed by atoms with Crippen LogP contribution in [-0.4, -0.2) is 30.6 Å². The van der Waals surface area contributed by atoms with Crippen molar-refractivity contribution in [1.82, 2.24) is 4.90 Å². The number of hydrogen-bond acceptors (Lipinski definition) is 1. The topological polar surface area (TPSA) is 20.3 Å². The van der Waals surface area contributed by atoms with E-state index in [9.17, 15) is 9.18 Å². The summed E-state index contributed by atoms with van der Waals surface area (Å²) in [4.78, 5) is 12.3. The largest absolute Gasteiger partial charge is 0.340 e. The molecule has 0 bridgehead atoms. The summed E-state index contributed by atoms with van der Waals surface area (Å²) in [6.07, 6.45) is 1.02. The van der Waals surface area contributed by atoms with E-state index in [1.54, 1.807) is 4.90 Å². The lowest BCUT2D eigenvalue weighted by atomic mass is 10.2. The second kappa shape index (κ2) is 2.99. The Kier molecular flexibility index (Phi) is 2.25. The molecule has 1 rings (SSSR count). The van der Waals surface area contributed by atoms with E-state index in [0.717, 1.165) is 19.5 Å². The van der Waals surface area contributed by atoms with E-state index in [1.165, 1.54) is 0 Å². The van der Waals surface area contributed by atoms with Crippen LogP contribution in [0.5, 0.6) is 0 Å². The van der Waals surface area contributed by atoms with E-state index in [1.807, 2.05) is 0 Å². The lowest BCUT2D eigenvalue weighted by molar-refractivity contribution is -0.131. The monoisotopic (exact) mass is 145 g/mol. The van der Waals surface area contributed by atoms with E-state index >= 15 is 0 Å². The van der Waals surface area contributed by atoms with Gasteiger partial charge in [0.05, 0.1) is 0 Å². The number of hydrogen-bond donors (Lipinski definition) is 0. The van der Waals surface area contributed by atoms with Crippen molar-refractivity contribution >= 4 is 5.91 Å². The number of carbonyl (C=O) groups excluding carboxylic acids is 1. The molecule has 3 heteroatoms. The maximum absolute atomic E-state index is 11.8. The first-order valence-electron chi connectivity index (χ1n) is 3.57. The molecule has 1 saturated heterocycles. The van der Waals surface area contributed by atoms with Crippen LogP contribution in [0.4, 0.5) is 4.39 Å². The number of amides is 1. The average Bonchev–Trinajstić information content (AvgIpc) is 2.34. The van der Waals surface area contributed by atoms with Gasteiger partial charge in [-0.15, -0.1) is 0 Å². The SMILES string of the molecule is C[C@@H]1CCN(C(=O)CF)C1. The Balaban J connectivity index is 2.37. The minimum absolute atomic E-state index is 0.357. The zero-order valence-corrected chi connectivity index (χ0v) is 6.14. The highest BCUT2D eigenvalue weighted by molar-refractivity contribution is 5.77. The third-order valence-corrected chi connectivity index (χ3v) is 1.89.